The van der Waals surface area contributed by atoms with Crippen molar-refractivity contribution in [3.63, 3.8) is 0 Å². The SMILES string of the molecule is Cc1ccc(N2CC[C@H](NS(=O)(=O)c3ccccc3)C2=O)cc1. The smallest absolute Gasteiger partial charge is 0.245 e. The Bertz CT molecular complexity index is 801. The molecule has 1 N–H and O–H groups in total. The molecule has 1 aliphatic heterocycles. The maximum absolute atomic E-state index is 12.5. The molecule has 3 rings (SSSR count). The quantitative estimate of drug-likeness (QED) is 0.933. The minimum atomic E-state index is -3.69. The second-order valence-electron chi connectivity index (χ2n) is 5.60. The van der Waals surface area contributed by atoms with E-state index in [0.717, 1.165) is 11.3 Å². The number of hydrogen-bond donors (Lipinski definition) is 1. The molecule has 23 heavy (non-hydrogen) atoms. The highest BCUT2D eigenvalue weighted by Gasteiger charge is 2.35. The van der Waals surface area contributed by atoms with Gasteiger partial charge in [-0.3, -0.25) is 4.79 Å². The van der Waals surface area contributed by atoms with E-state index in [-0.39, 0.29) is 10.8 Å². The summed E-state index contributed by atoms with van der Waals surface area (Å²) in [5.41, 5.74) is 1.91. The second kappa shape index (κ2) is 6.14. The molecule has 0 radical (unpaired) electrons. The van der Waals surface area contributed by atoms with Crippen molar-refractivity contribution in [2.45, 2.75) is 24.3 Å². The Morgan fingerprint density at radius 3 is 2.35 bits per heavy atom. The number of benzene rings is 2. The van der Waals surface area contributed by atoms with E-state index in [1.54, 1.807) is 23.1 Å². The van der Waals surface area contributed by atoms with Crippen molar-refractivity contribution >= 4 is 21.6 Å². The number of nitrogens with one attached hydrogen (secondary N) is 1. The molecule has 0 spiro atoms. The summed E-state index contributed by atoms with van der Waals surface area (Å²) in [6.45, 7) is 2.48. The lowest BCUT2D eigenvalue weighted by Crippen LogP contribution is -2.41. The van der Waals surface area contributed by atoms with Crippen LogP contribution in [0.3, 0.4) is 0 Å². The van der Waals surface area contributed by atoms with Gasteiger partial charge in [0, 0.05) is 12.2 Å². The summed E-state index contributed by atoms with van der Waals surface area (Å²) in [7, 11) is -3.69. The fourth-order valence-corrected chi connectivity index (χ4v) is 3.87. The van der Waals surface area contributed by atoms with E-state index in [2.05, 4.69) is 4.72 Å². The van der Waals surface area contributed by atoms with Crippen molar-refractivity contribution in [3.05, 3.63) is 60.2 Å². The van der Waals surface area contributed by atoms with Gasteiger partial charge in [-0.2, -0.15) is 4.72 Å². The van der Waals surface area contributed by atoms with Crippen LogP contribution >= 0.6 is 0 Å². The lowest BCUT2D eigenvalue weighted by Gasteiger charge is -2.17. The zero-order valence-electron chi connectivity index (χ0n) is 12.8. The Morgan fingerprint density at radius 1 is 1.04 bits per heavy atom. The van der Waals surface area contributed by atoms with Crippen LogP contribution < -0.4 is 9.62 Å². The fraction of sp³-hybridized carbons (Fsp3) is 0.235. The summed E-state index contributed by atoms with van der Waals surface area (Å²) < 4.78 is 27.2. The van der Waals surface area contributed by atoms with Crippen molar-refractivity contribution in [3.8, 4) is 0 Å². The van der Waals surface area contributed by atoms with Gasteiger partial charge in [0.25, 0.3) is 0 Å². The highest BCUT2D eigenvalue weighted by molar-refractivity contribution is 7.89. The van der Waals surface area contributed by atoms with E-state index in [9.17, 15) is 13.2 Å². The van der Waals surface area contributed by atoms with Crippen molar-refractivity contribution in [1.29, 1.82) is 0 Å². The van der Waals surface area contributed by atoms with Crippen LogP contribution in [-0.2, 0) is 14.8 Å². The molecular formula is C17H18N2O3S. The zero-order chi connectivity index (χ0) is 16.4. The predicted molar refractivity (Wildman–Crippen MR) is 88.7 cm³/mol. The van der Waals surface area contributed by atoms with Gasteiger partial charge in [-0.1, -0.05) is 35.9 Å². The number of amides is 1. The first-order chi connectivity index (χ1) is 11.0. The number of carbonyl (C=O) groups is 1. The van der Waals surface area contributed by atoms with Gasteiger partial charge in [-0.25, -0.2) is 8.42 Å². The van der Waals surface area contributed by atoms with E-state index in [0.29, 0.717) is 13.0 Å². The van der Waals surface area contributed by atoms with Crippen LogP contribution in [0.2, 0.25) is 0 Å². The van der Waals surface area contributed by atoms with Gasteiger partial charge >= 0.3 is 0 Å². The average molecular weight is 330 g/mol. The molecule has 0 aromatic heterocycles. The molecule has 1 aliphatic rings. The number of rotatable bonds is 4. The molecule has 1 heterocycles. The highest BCUT2D eigenvalue weighted by Crippen LogP contribution is 2.23. The molecule has 1 amide bonds. The topological polar surface area (TPSA) is 66.5 Å². The maximum atomic E-state index is 12.5. The predicted octanol–water partition coefficient (Wildman–Crippen LogP) is 2.08. The van der Waals surface area contributed by atoms with Crippen LogP contribution in [0.5, 0.6) is 0 Å². The van der Waals surface area contributed by atoms with Crippen molar-refractivity contribution < 1.29 is 13.2 Å². The summed E-state index contributed by atoms with van der Waals surface area (Å²) in [5, 5.41) is 0. The molecule has 1 atom stereocenters. The van der Waals surface area contributed by atoms with Gasteiger partial charge in [0.1, 0.15) is 6.04 Å². The number of hydrogen-bond acceptors (Lipinski definition) is 3. The van der Waals surface area contributed by atoms with Crippen LogP contribution in [0.4, 0.5) is 5.69 Å². The number of nitrogens with zero attached hydrogens (tertiary/aromatic N) is 1. The fourth-order valence-electron chi connectivity index (χ4n) is 2.63. The van der Waals surface area contributed by atoms with Gasteiger partial charge in [-0.05, 0) is 37.6 Å². The van der Waals surface area contributed by atoms with Crippen LogP contribution in [0.15, 0.2) is 59.5 Å². The molecule has 2 aromatic carbocycles. The minimum absolute atomic E-state index is 0.168. The number of carbonyl (C=O) groups excluding carboxylic acids is 1. The minimum Gasteiger partial charge on any atom is -0.311 e. The lowest BCUT2D eigenvalue weighted by molar-refractivity contribution is -0.118. The maximum Gasteiger partial charge on any atom is 0.245 e. The third-order valence-corrected chi connectivity index (χ3v) is 5.39. The zero-order valence-corrected chi connectivity index (χ0v) is 13.6. The van der Waals surface area contributed by atoms with E-state index < -0.39 is 16.1 Å². The Labute approximate surface area is 136 Å². The number of anilines is 1. The lowest BCUT2D eigenvalue weighted by atomic mass is 10.2. The van der Waals surface area contributed by atoms with Crippen LogP contribution in [0, 0.1) is 6.92 Å². The van der Waals surface area contributed by atoms with Crippen molar-refractivity contribution in [1.82, 2.24) is 4.72 Å². The van der Waals surface area contributed by atoms with Crippen LogP contribution in [-0.4, -0.2) is 26.9 Å². The first-order valence-corrected chi connectivity index (χ1v) is 8.91. The molecule has 5 nitrogen and oxygen atoms in total. The van der Waals surface area contributed by atoms with Crippen LogP contribution in [0.25, 0.3) is 0 Å². The molecule has 0 unspecified atom stereocenters. The Morgan fingerprint density at radius 2 is 1.70 bits per heavy atom. The summed E-state index contributed by atoms with van der Waals surface area (Å²) in [6, 6.07) is 15.0. The molecular weight excluding hydrogens is 312 g/mol. The molecule has 2 aromatic rings. The third-order valence-electron chi connectivity index (χ3n) is 3.90. The van der Waals surface area contributed by atoms with E-state index in [1.165, 1.54) is 12.1 Å². The average Bonchev–Trinajstić information content (AvgIpc) is 2.90. The third kappa shape index (κ3) is 3.28. The van der Waals surface area contributed by atoms with E-state index >= 15 is 0 Å². The normalized spacial score (nSPS) is 18.4. The molecule has 6 heteroatoms. The largest absolute Gasteiger partial charge is 0.311 e. The van der Waals surface area contributed by atoms with Gasteiger partial charge in [0.15, 0.2) is 0 Å². The first-order valence-electron chi connectivity index (χ1n) is 7.43. The molecule has 120 valence electrons. The van der Waals surface area contributed by atoms with Gasteiger partial charge in [0.05, 0.1) is 4.90 Å². The molecule has 0 saturated carbocycles. The Kier molecular flexibility index (Phi) is 4.19. The Hall–Kier alpha value is -2.18. The van der Waals surface area contributed by atoms with E-state index in [1.807, 2.05) is 31.2 Å². The summed E-state index contributed by atoms with van der Waals surface area (Å²) >= 11 is 0. The summed E-state index contributed by atoms with van der Waals surface area (Å²) in [4.78, 5) is 14.3. The van der Waals surface area contributed by atoms with Crippen molar-refractivity contribution in [2.24, 2.45) is 0 Å². The van der Waals surface area contributed by atoms with Gasteiger partial charge in [-0.15, -0.1) is 0 Å². The summed E-state index contributed by atoms with van der Waals surface area (Å²) in [6.07, 6.45) is 0.457. The van der Waals surface area contributed by atoms with Crippen LogP contribution in [0.1, 0.15) is 12.0 Å². The molecule has 1 saturated heterocycles. The van der Waals surface area contributed by atoms with Gasteiger partial charge < -0.3 is 4.90 Å². The number of sulfonamides is 1. The molecule has 1 fully saturated rings. The highest BCUT2D eigenvalue weighted by atomic mass is 32.2. The standard InChI is InChI=1S/C17H18N2O3S/c1-13-7-9-14(10-8-13)19-12-11-16(17(19)20)18-23(21,22)15-5-3-2-4-6-15/h2-10,16,18H,11-12H2,1H3/t16-/m0/s1. The molecule has 0 aliphatic carbocycles. The molecule has 0 bridgehead atoms. The monoisotopic (exact) mass is 330 g/mol. The first kappa shape index (κ1) is 15.7. The Balaban J connectivity index is 1.76. The summed E-state index contributed by atoms with van der Waals surface area (Å²) in [5.74, 6) is -0.214. The second-order valence-corrected chi connectivity index (χ2v) is 7.32. The van der Waals surface area contributed by atoms with Crippen molar-refractivity contribution in [2.75, 3.05) is 11.4 Å². The van der Waals surface area contributed by atoms with Gasteiger partial charge in [0.2, 0.25) is 15.9 Å². The van der Waals surface area contributed by atoms with E-state index in [4.69, 9.17) is 0 Å². The number of aryl methyl sites for hydroxylation is 1.